The quantitative estimate of drug-likeness (QED) is 0.860. The zero-order valence-corrected chi connectivity index (χ0v) is 11.7. The van der Waals surface area contributed by atoms with Gasteiger partial charge in [-0.2, -0.15) is 0 Å². The van der Waals surface area contributed by atoms with Gasteiger partial charge in [0, 0.05) is 19.6 Å². The molecule has 1 aliphatic rings. The number of nitrogens with zero attached hydrogens (tertiary/aromatic N) is 1. The largest absolute Gasteiger partial charge is 0.494 e. The maximum Gasteiger partial charge on any atom is 0.306 e. The number of benzene rings is 1. The van der Waals surface area contributed by atoms with Gasteiger partial charge in [-0.05, 0) is 24.6 Å². The number of aliphatic carboxylic acids is 1. The van der Waals surface area contributed by atoms with Crippen LogP contribution in [0.2, 0.25) is 0 Å². The first-order chi connectivity index (χ1) is 9.67. The van der Waals surface area contributed by atoms with Gasteiger partial charge in [0.15, 0.2) is 0 Å². The first-order valence-corrected chi connectivity index (χ1v) is 6.95. The molecule has 20 heavy (non-hydrogen) atoms. The number of hydrogen-bond acceptors (Lipinski definition) is 4. The molecule has 1 aromatic carbocycles. The summed E-state index contributed by atoms with van der Waals surface area (Å²) in [5.41, 5.74) is 1.17. The molecular weight excluding hydrogens is 258 g/mol. The fraction of sp³-hybridized carbons (Fsp3) is 0.533. The second-order valence-electron chi connectivity index (χ2n) is 4.91. The lowest BCUT2D eigenvalue weighted by molar-refractivity contribution is -0.142. The Morgan fingerprint density at radius 3 is 3.15 bits per heavy atom. The molecule has 0 amide bonds. The lowest BCUT2D eigenvalue weighted by Crippen LogP contribution is -2.42. The van der Waals surface area contributed by atoms with Crippen molar-refractivity contribution in [2.75, 3.05) is 26.3 Å². The van der Waals surface area contributed by atoms with Gasteiger partial charge in [-0.1, -0.05) is 12.1 Å². The first-order valence-electron chi connectivity index (χ1n) is 6.95. The Kier molecular flexibility index (Phi) is 5.38. The van der Waals surface area contributed by atoms with Crippen molar-refractivity contribution >= 4 is 5.97 Å². The van der Waals surface area contributed by atoms with Gasteiger partial charge in [-0.25, -0.2) is 0 Å². The second kappa shape index (κ2) is 7.26. The minimum atomic E-state index is -0.810. The molecule has 0 aliphatic carbocycles. The third-order valence-electron chi connectivity index (χ3n) is 3.24. The summed E-state index contributed by atoms with van der Waals surface area (Å²) in [4.78, 5) is 13.0. The Balaban J connectivity index is 1.91. The van der Waals surface area contributed by atoms with Crippen molar-refractivity contribution in [2.24, 2.45) is 0 Å². The van der Waals surface area contributed by atoms with E-state index in [0.29, 0.717) is 19.8 Å². The van der Waals surface area contributed by atoms with E-state index in [1.165, 1.54) is 5.56 Å². The van der Waals surface area contributed by atoms with Crippen LogP contribution in [0.3, 0.4) is 0 Å². The summed E-state index contributed by atoms with van der Waals surface area (Å²) < 4.78 is 11.0. The molecule has 110 valence electrons. The van der Waals surface area contributed by atoms with E-state index in [1.807, 2.05) is 25.1 Å². The van der Waals surface area contributed by atoms with Gasteiger partial charge in [0.05, 0.1) is 25.7 Å². The van der Waals surface area contributed by atoms with Gasteiger partial charge in [0.25, 0.3) is 0 Å². The molecule has 5 nitrogen and oxygen atoms in total. The van der Waals surface area contributed by atoms with E-state index in [1.54, 1.807) is 0 Å². The summed E-state index contributed by atoms with van der Waals surface area (Å²) in [6, 6.07) is 8.02. The third kappa shape index (κ3) is 4.51. The van der Waals surface area contributed by atoms with Crippen LogP contribution in [0.5, 0.6) is 5.75 Å². The van der Waals surface area contributed by atoms with Gasteiger partial charge in [-0.15, -0.1) is 0 Å². The summed E-state index contributed by atoms with van der Waals surface area (Å²) in [5, 5.41) is 8.82. The van der Waals surface area contributed by atoms with E-state index in [2.05, 4.69) is 11.0 Å². The maximum absolute atomic E-state index is 10.7. The lowest BCUT2D eigenvalue weighted by Gasteiger charge is -2.32. The van der Waals surface area contributed by atoms with Crippen LogP contribution in [-0.4, -0.2) is 48.4 Å². The van der Waals surface area contributed by atoms with Crippen LogP contribution in [-0.2, 0) is 16.1 Å². The number of ether oxygens (including phenoxy) is 2. The highest BCUT2D eigenvalue weighted by atomic mass is 16.5. The van der Waals surface area contributed by atoms with Crippen molar-refractivity contribution in [3.63, 3.8) is 0 Å². The Bertz CT molecular complexity index is 449. The number of carboxylic acids is 1. The zero-order chi connectivity index (χ0) is 14.4. The topological polar surface area (TPSA) is 59.0 Å². The minimum Gasteiger partial charge on any atom is -0.494 e. The number of hydrogen-bond donors (Lipinski definition) is 1. The van der Waals surface area contributed by atoms with Crippen molar-refractivity contribution in [3.05, 3.63) is 29.8 Å². The van der Waals surface area contributed by atoms with Crippen molar-refractivity contribution in [1.82, 2.24) is 4.90 Å². The Hall–Kier alpha value is -1.59. The number of carbonyl (C=O) groups is 1. The Morgan fingerprint density at radius 1 is 1.55 bits per heavy atom. The summed E-state index contributed by atoms with van der Waals surface area (Å²) in [6.07, 6.45) is -0.147. The molecule has 1 heterocycles. The highest BCUT2D eigenvalue weighted by molar-refractivity contribution is 5.67. The minimum absolute atomic E-state index is 0.0650. The van der Waals surface area contributed by atoms with Crippen molar-refractivity contribution in [1.29, 1.82) is 0 Å². The fourth-order valence-corrected chi connectivity index (χ4v) is 2.40. The fourth-order valence-electron chi connectivity index (χ4n) is 2.40. The zero-order valence-electron chi connectivity index (χ0n) is 11.7. The van der Waals surface area contributed by atoms with Gasteiger partial charge in [0.2, 0.25) is 0 Å². The van der Waals surface area contributed by atoms with Gasteiger partial charge in [-0.3, -0.25) is 9.69 Å². The summed E-state index contributed by atoms with van der Waals surface area (Å²) >= 11 is 0. The number of rotatable bonds is 6. The van der Waals surface area contributed by atoms with E-state index < -0.39 is 5.97 Å². The molecule has 5 heteroatoms. The average Bonchev–Trinajstić information content (AvgIpc) is 2.39. The van der Waals surface area contributed by atoms with E-state index in [0.717, 1.165) is 18.8 Å². The predicted molar refractivity (Wildman–Crippen MR) is 74.9 cm³/mol. The third-order valence-corrected chi connectivity index (χ3v) is 3.24. The SMILES string of the molecule is CCOc1cccc(CN2CCOC(CC(=O)O)C2)c1. The molecule has 1 aliphatic heterocycles. The molecule has 2 rings (SSSR count). The lowest BCUT2D eigenvalue weighted by atomic mass is 10.1. The van der Waals surface area contributed by atoms with Crippen LogP contribution in [0.4, 0.5) is 0 Å². The first kappa shape index (κ1) is 14.8. The highest BCUT2D eigenvalue weighted by Gasteiger charge is 2.22. The van der Waals surface area contributed by atoms with E-state index >= 15 is 0 Å². The van der Waals surface area contributed by atoms with Gasteiger partial charge >= 0.3 is 5.97 Å². The maximum atomic E-state index is 10.7. The van der Waals surface area contributed by atoms with Crippen LogP contribution in [0.25, 0.3) is 0 Å². The van der Waals surface area contributed by atoms with E-state index in [9.17, 15) is 4.79 Å². The molecule has 1 saturated heterocycles. The Labute approximate surface area is 119 Å². The van der Waals surface area contributed by atoms with Crippen LogP contribution in [0, 0.1) is 0 Å². The van der Waals surface area contributed by atoms with Gasteiger partial charge in [0.1, 0.15) is 5.75 Å². The van der Waals surface area contributed by atoms with Crippen LogP contribution < -0.4 is 4.74 Å². The standard InChI is InChI=1S/C15H21NO4/c1-2-19-13-5-3-4-12(8-13)10-16-6-7-20-14(11-16)9-15(17)18/h3-5,8,14H,2,6-7,9-11H2,1H3,(H,17,18). The van der Waals surface area contributed by atoms with Crippen molar-refractivity contribution in [3.8, 4) is 5.75 Å². The molecule has 0 spiro atoms. The monoisotopic (exact) mass is 279 g/mol. The molecule has 1 N–H and O–H groups in total. The molecule has 1 aromatic rings. The van der Waals surface area contributed by atoms with Crippen molar-refractivity contribution in [2.45, 2.75) is 26.0 Å². The van der Waals surface area contributed by atoms with E-state index in [4.69, 9.17) is 14.6 Å². The highest BCUT2D eigenvalue weighted by Crippen LogP contribution is 2.17. The molecule has 0 bridgehead atoms. The molecule has 0 saturated carbocycles. The molecule has 1 unspecified atom stereocenters. The van der Waals surface area contributed by atoms with Gasteiger partial charge < -0.3 is 14.6 Å². The van der Waals surface area contributed by atoms with E-state index in [-0.39, 0.29) is 12.5 Å². The summed E-state index contributed by atoms with van der Waals surface area (Å²) in [5.74, 6) is 0.0653. The van der Waals surface area contributed by atoms with Crippen LogP contribution >= 0.6 is 0 Å². The summed E-state index contributed by atoms with van der Waals surface area (Å²) in [6.45, 7) is 5.48. The molecule has 0 aromatic heterocycles. The molecule has 1 fully saturated rings. The smallest absolute Gasteiger partial charge is 0.306 e. The molecular formula is C15H21NO4. The predicted octanol–water partition coefficient (Wildman–Crippen LogP) is 1.76. The summed E-state index contributed by atoms with van der Waals surface area (Å²) in [7, 11) is 0. The normalized spacial score (nSPS) is 19.8. The van der Waals surface area contributed by atoms with Crippen LogP contribution in [0.15, 0.2) is 24.3 Å². The number of morpholine rings is 1. The Morgan fingerprint density at radius 2 is 2.40 bits per heavy atom. The van der Waals surface area contributed by atoms with Crippen molar-refractivity contribution < 1.29 is 19.4 Å². The molecule has 0 radical (unpaired) electrons. The number of carboxylic acid groups (broad SMARTS) is 1. The van der Waals surface area contributed by atoms with Crippen LogP contribution in [0.1, 0.15) is 18.9 Å². The molecule has 1 atom stereocenters. The average molecular weight is 279 g/mol. The second-order valence-corrected chi connectivity index (χ2v) is 4.91.